The first-order valence-corrected chi connectivity index (χ1v) is 8.17. The number of hydrogen-bond donors (Lipinski definition) is 0. The molecule has 118 valence electrons. The minimum atomic E-state index is 0.713. The summed E-state index contributed by atoms with van der Waals surface area (Å²) in [7, 11) is 2.03. The number of hydrogen-bond acceptors (Lipinski definition) is 3. The van der Waals surface area contributed by atoms with Crippen LogP contribution in [0.5, 0.6) is 0 Å². The monoisotopic (exact) mass is 333 g/mol. The Morgan fingerprint density at radius 1 is 1.00 bits per heavy atom. The van der Waals surface area contributed by atoms with Crippen molar-refractivity contribution in [3.63, 3.8) is 0 Å². The zero-order valence-electron chi connectivity index (χ0n) is 13.3. The van der Waals surface area contributed by atoms with Gasteiger partial charge >= 0.3 is 0 Å². The van der Waals surface area contributed by atoms with Crippen LogP contribution < -0.4 is 0 Å². The largest absolute Gasteiger partial charge is 0.361 e. The third-order valence-corrected chi connectivity index (χ3v) is 4.35. The highest BCUT2D eigenvalue weighted by molar-refractivity contribution is 6.30. The molecule has 0 spiro atoms. The minimum absolute atomic E-state index is 0.713. The summed E-state index contributed by atoms with van der Waals surface area (Å²) in [6.07, 6.45) is 3.68. The van der Waals surface area contributed by atoms with Crippen LogP contribution in [-0.4, -0.2) is 23.3 Å². The van der Waals surface area contributed by atoms with E-state index < -0.39 is 0 Å². The highest BCUT2D eigenvalue weighted by Gasteiger charge is 2.13. The number of benzene rings is 2. The third kappa shape index (κ3) is 2.79. The Balaban J connectivity index is 1.84. The van der Waals surface area contributed by atoms with E-state index in [1.165, 1.54) is 5.56 Å². The van der Waals surface area contributed by atoms with E-state index in [9.17, 15) is 0 Å². The van der Waals surface area contributed by atoms with Crippen molar-refractivity contribution >= 4 is 23.6 Å². The number of fused-ring (bicyclic) bond motifs is 1. The van der Waals surface area contributed by atoms with Gasteiger partial charge in [0.1, 0.15) is 0 Å². The van der Waals surface area contributed by atoms with Crippen LogP contribution in [0.1, 0.15) is 5.56 Å². The lowest BCUT2D eigenvalue weighted by Gasteiger charge is -2.20. The third-order valence-electron chi connectivity index (χ3n) is 4.11. The van der Waals surface area contributed by atoms with Crippen LogP contribution in [0.3, 0.4) is 0 Å². The number of halogens is 1. The lowest BCUT2D eigenvalue weighted by molar-refractivity contribution is 0.509. The predicted molar refractivity (Wildman–Crippen MR) is 99.7 cm³/mol. The second kappa shape index (κ2) is 6.10. The van der Waals surface area contributed by atoms with E-state index in [-0.39, 0.29) is 0 Å². The van der Waals surface area contributed by atoms with Crippen LogP contribution >= 0.6 is 11.6 Å². The summed E-state index contributed by atoms with van der Waals surface area (Å²) in [5.74, 6) is 0. The molecule has 0 radical (unpaired) electrons. The second-order valence-electron chi connectivity index (χ2n) is 5.91. The lowest BCUT2D eigenvalue weighted by Crippen LogP contribution is -2.18. The number of rotatable bonds is 2. The van der Waals surface area contributed by atoms with Gasteiger partial charge in [0.15, 0.2) is 0 Å². The fourth-order valence-electron chi connectivity index (χ4n) is 2.98. The molecule has 0 fully saturated rings. The van der Waals surface area contributed by atoms with Gasteiger partial charge in [0.05, 0.1) is 17.7 Å². The van der Waals surface area contributed by atoms with Gasteiger partial charge in [-0.25, -0.2) is 4.99 Å². The Morgan fingerprint density at radius 2 is 1.92 bits per heavy atom. The zero-order valence-corrected chi connectivity index (χ0v) is 14.0. The molecule has 2 aromatic carbocycles. The van der Waals surface area contributed by atoms with E-state index in [1.807, 2.05) is 49.9 Å². The van der Waals surface area contributed by atoms with Crippen LogP contribution in [0, 0.1) is 0 Å². The average molecular weight is 334 g/mol. The van der Waals surface area contributed by atoms with Crippen LogP contribution in [0.4, 0.5) is 5.69 Å². The molecule has 4 rings (SSSR count). The summed E-state index contributed by atoms with van der Waals surface area (Å²) in [6, 6.07) is 18.3. The molecule has 0 unspecified atom stereocenters. The topological polar surface area (TPSA) is 28.5 Å². The maximum Gasteiger partial charge on any atom is 0.0912 e. The van der Waals surface area contributed by atoms with Crippen molar-refractivity contribution < 1.29 is 0 Å². The molecule has 0 bridgehead atoms. The van der Waals surface area contributed by atoms with Gasteiger partial charge in [0, 0.05) is 35.9 Å². The van der Waals surface area contributed by atoms with E-state index in [0.29, 0.717) is 5.02 Å². The van der Waals surface area contributed by atoms with Crippen molar-refractivity contribution in [3.05, 3.63) is 71.4 Å². The van der Waals surface area contributed by atoms with E-state index in [4.69, 9.17) is 11.6 Å². The summed E-state index contributed by atoms with van der Waals surface area (Å²) in [5, 5.41) is 0.713. The summed E-state index contributed by atoms with van der Waals surface area (Å²) < 4.78 is 0. The molecule has 0 N–H and O–H groups in total. The zero-order chi connectivity index (χ0) is 16.5. The van der Waals surface area contributed by atoms with Crippen LogP contribution in [0.2, 0.25) is 5.02 Å². The second-order valence-corrected chi connectivity index (χ2v) is 6.35. The first kappa shape index (κ1) is 14.9. The summed E-state index contributed by atoms with van der Waals surface area (Å²) >= 11 is 6.15. The molecule has 1 aliphatic heterocycles. The molecule has 0 aliphatic carbocycles. The van der Waals surface area contributed by atoms with Gasteiger partial charge in [-0.1, -0.05) is 35.9 Å². The molecule has 4 heteroatoms. The van der Waals surface area contributed by atoms with Gasteiger partial charge in [-0.2, -0.15) is 0 Å². The van der Waals surface area contributed by atoms with Crippen molar-refractivity contribution in [3.8, 4) is 22.4 Å². The number of nitrogens with zero attached hydrogens (tertiary/aromatic N) is 3. The van der Waals surface area contributed by atoms with Gasteiger partial charge in [-0.15, -0.1) is 0 Å². The van der Waals surface area contributed by atoms with E-state index in [0.717, 1.165) is 34.6 Å². The minimum Gasteiger partial charge on any atom is -0.361 e. The van der Waals surface area contributed by atoms with Crippen LogP contribution in [0.25, 0.3) is 22.4 Å². The van der Waals surface area contributed by atoms with Crippen LogP contribution in [-0.2, 0) is 6.54 Å². The predicted octanol–water partition coefficient (Wildman–Crippen LogP) is 5.17. The van der Waals surface area contributed by atoms with Crippen molar-refractivity contribution in [2.75, 3.05) is 7.05 Å². The molecule has 1 aromatic heterocycles. The summed E-state index contributed by atoms with van der Waals surface area (Å²) in [5.41, 5.74) is 6.45. The van der Waals surface area contributed by atoms with Gasteiger partial charge in [-0.05, 0) is 41.5 Å². The number of pyridine rings is 1. The summed E-state index contributed by atoms with van der Waals surface area (Å²) in [6.45, 7) is 0.861. The van der Waals surface area contributed by atoms with E-state index in [2.05, 4.69) is 39.1 Å². The first-order valence-electron chi connectivity index (χ1n) is 7.79. The smallest absolute Gasteiger partial charge is 0.0912 e. The van der Waals surface area contributed by atoms with E-state index >= 15 is 0 Å². The quantitative estimate of drug-likeness (QED) is 0.647. The van der Waals surface area contributed by atoms with Crippen molar-refractivity contribution in [1.82, 2.24) is 9.88 Å². The first-order chi connectivity index (χ1) is 11.7. The molecule has 1 aliphatic rings. The average Bonchev–Trinajstić information content (AvgIpc) is 2.61. The van der Waals surface area contributed by atoms with Gasteiger partial charge in [0.2, 0.25) is 0 Å². The Bertz CT molecular complexity index is 934. The molecular formula is C20H16ClN3. The highest BCUT2D eigenvalue weighted by Crippen LogP contribution is 2.34. The van der Waals surface area contributed by atoms with Gasteiger partial charge < -0.3 is 4.90 Å². The summed E-state index contributed by atoms with van der Waals surface area (Å²) in [4.78, 5) is 11.1. The molecule has 2 heterocycles. The molecule has 0 saturated heterocycles. The van der Waals surface area contributed by atoms with Crippen molar-refractivity contribution in [1.29, 1.82) is 0 Å². The van der Waals surface area contributed by atoms with Gasteiger partial charge in [-0.3, -0.25) is 4.98 Å². The van der Waals surface area contributed by atoms with Crippen molar-refractivity contribution in [2.45, 2.75) is 6.54 Å². The molecule has 0 atom stereocenters. The molecule has 0 amide bonds. The Kier molecular flexibility index (Phi) is 3.79. The number of aliphatic imine (C=N–C) groups is 1. The Labute approximate surface area is 146 Å². The molecular weight excluding hydrogens is 318 g/mol. The Hall–Kier alpha value is -2.65. The highest BCUT2D eigenvalue weighted by atomic mass is 35.5. The molecule has 24 heavy (non-hydrogen) atoms. The lowest BCUT2D eigenvalue weighted by atomic mass is 9.97. The fourth-order valence-corrected chi connectivity index (χ4v) is 3.17. The van der Waals surface area contributed by atoms with E-state index in [1.54, 1.807) is 0 Å². The fraction of sp³-hybridized carbons (Fsp3) is 0.100. The maximum atomic E-state index is 6.15. The maximum absolute atomic E-state index is 6.15. The molecule has 3 aromatic rings. The molecule has 3 nitrogen and oxygen atoms in total. The van der Waals surface area contributed by atoms with Crippen molar-refractivity contribution in [2.24, 2.45) is 4.99 Å². The normalized spacial score (nSPS) is 13.0. The van der Waals surface area contributed by atoms with Gasteiger partial charge in [0.25, 0.3) is 0 Å². The van der Waals surface area contributed by atoms with Crippen LogP contribution in [0.15, 0.2) is 65.8 Å². The SMILES string of the molecule is CN1C=Nc2ccc(-c3cccnc3-c3cccc(Cl)c3)cc2C1. The number of aromatic nitrogens is 1. The standard InChI is InChI=1S/C20H16ClN3/c1-24-12-16-10-14(7-8-19(16)23-13-24)18-6-3-9-22-20(18)15-4-2-5-17(21)11-15/h2-11,13H,12H2,1H3. The Morgan fingerprint density at radius 3 is 2.79 bits per heavy atom. The molecule has 0 saturated carbocycles.